The van der Waals surface area contributed by atoms with Gasteiger partial charge in [0.25, 0.3) is 0 Å². The second kappa shape index (κ2) is 4.30. The molecule has 80 valence electrons. The third-order valence-corrected chi connectivity index (χ3v) is 3.44. The molecule has 0 aromatic carbocycles. The quantitative estimate of drug-likeness (QED) is 0.682. The molecule has 2 aliphatic heterocycles. The van der Waals surface area contributed by atoms with Crippen molar-refractivity contribution in [1.82, 2.24) is 10.2 Å². The van der Waals surface area contributed by atoms with Crippen molar-refractivity contribution in [2.45, 2.75) is 51.1 Å². The Bertz CT molecular complexity index is 211. The van der Waals surface area contributed by atoms with Crippen molar-refractivity contribution in [3.63, 3.8) is 0 Å². The minimum Gasteiger partial charge on any atom is -0.339 e. The molecule has 0 saturated carbocycles. The van der Waals surface area contributed by atoms with Gasteiger partial charge in [-0.05, 0) is 45.6 Å². The molecule has 2 atom stereocenters. The van der Waals surface area contributed by atoms with Gasteiger partial charge in [-0.3, -0.25) is 4.79 Å². The van der Waals surface area contributed by atoms with Crippen molar-refractivity contribution >= 4 is 5.91 Å². The van der Waals surface area contributed by atoms with E-state index in [1.807, 2.05) is 0 Å². The van der Waals surface area contributed by atoms with Crippen LogP contribution in [0.1, 0.15) is 39.0 Å². The lowest BCUT2D eigenvalue weighted by Gasteiger charge is -2.35. The molecule has 0 radical (unpaired) electrons. The summed E-state index contributed by atoms with van der Waals surface area (Å²) in [6.07, 6.45) is 5.82. The van der Waals surface area contributed by atoms with E-state index in [1.165, 1.54) is 19.3 Å². The lowest BCUT2D eigenvalue weighted by Crippen LogP contribution is -2.49. The van der Waals surface area contributed by atoms with E-state index in [2.05, 4.69) is 17.1 Å². The molecule has 0 spiro atoms. The SMILES string of the molecule is C[C@@H]1CCCCN1C(=O)[C@@H]1CCCN1. The van der Waals surface area contributed by atoms with Crippen molar-refractivity contribution in [1.29, 1.82) is 0 Å². The first-order valence-electron chi connectivity index (χ1n) is 5.83. The van der Waals surface area contributed by atoms with Crippen LogP contribution in [0.2, 0.25) is 0 Å². The van der Waals surface area contributed by atoms with Crippen LogP contribution in [0.3, 0.4) is 0 Å². The first-order chi connectivity index (χ1) is 6.79. The fourth-order valence-electron chi connectivity index (χ4n) is 2.52. The molecule has 3 heteroatoms. The highest BCUT2D eigenvalue weighted by Crippen LogP contribution is 2.19. The van der Waals surface area contributed by atoms with E-state index < -0.39 is 0 Å². The fourth-order valence-corrected chi connectivity index (χ4v) is 2.52. The van der Waals surface area contributed by atoms with Gasteiger partial charge in [0.2, 0.25) is 5.91 Å². The number of amides is 1. The van der Waals surface area contributed by atoms with Crippen LogP contribution >= 0.6 is 0 Å². The third-order valence-electron chi connectivity index (χ3n) is 3.44. The van der Waals surface area contributed by atoms with Gasteiger partial charge in [-0.2, -0.15) is 0 Å². The highest BCUT2D eigenvalue weighted by molar-refractivity contribution is 5.82. The molecule has 14 heavy (non-hydrogen) atoms. The monoisotopic (exact) mass is 196 g/mol. The molecular formula is C11H20N2O. The summed E-state index contributed by atoms with van der Waals surface area (Å²) in [6.45, 7) is 4.16. The number of carbonyl (C=O) groups is 1. The van der Waals surface area contributed by atoms with E-state index >= 15 is 0 Å². The topological polar surface area (TPSA) is 32.3 Å². The molecule has 0 bridgehead atoms. The highest BCUT2D eigenvalue weighted by atomic mass is 16.2. The second-order valence-corrected chi connectivity index (χ2v) is 4.53. The molecule has 1 amide bonds. The number of nitrogens with zero attached hydrogens (tertiary/aromatic N) is 1. The summed E-state index contributed by atoms with van der Waals surface area (Å²) in [6, 6.07) is 0.578. The summed E-state index contributed by atoms with van der Waals surface area (Å²) < 4.78 is 0. The number of likely N-dealkylation sites (tertiary alicyclic amines) is 1. The Labute approximate surface area is 85.8 Å². The van der Waals surface area contributed by atoms with Gasteiger partial charge in [0, 0.05) is 12.6 Å². The zero-order chi connectivity index (χ0) is 9.97. The molecule has 2 saturated heterocycles. The average molecular weight is 196 g/mol. The molecule has 2 fully saturated rings. The predicted molar refractivity (Wildman–Crippen MR) is 56.1 cm³/mol. The van der Waals surface area contributed by atoms with Crippen LogP contribution in [-0.2, 0) is 4.79 Å². The van der Waals surface area contributed by atoms with Crippen LogP contribution in [0.15, 0.2) is 0 Å². The maximum Gasteiger partial charge on any atom is 0.239 e. The molecule has 0 aromatic rings. The molecule has 2 heterocycles. The molecule has 0 aliphatic carbocycles. The van der Waals surface area contributed by atoms with Crippen LogP contribution in [0.4, 0.5) is 0 Å². The molecule has 0 unspecified atom stereocenters. The van der Waals surface area contributed by atoms with Crippen molar-refractivity contribution in [2.24, 2.45) is 0 Å². The fraction of sp³-hybridized carbons (Fsp3) is 0.909. The standard InChI is InChI=1S/C11H20N2O/c1-9-5-2-3-8-13(9)11(14)10-6-4-7-12-10/h9-10,12H,2-8H2,1H3/t9-,10+/m1/s1. The minimum absolute atomic E-state index is 0.121. The summed E-state index contributed by atoms with van der Waals surface area (Å²) in [5.74, 6) is 0.342. The smallest absolute Gasteiger partial charge is 0.239 e. The molecular weight excluding hydrogens is 176 g/mol. The first-order valence-corrected chi connectivity index (χ1v) is 5.83. The van der Waals surface area contributed by atoms with Gasteiger partial charge in [0.1, 0.15) is 0 Å². The molecule has 2 aliphatic rings. The van der Waals surface area contributed by atoms with Crippen molar-refractivity contribution < 1.29 is 4.79 Å². The van der Waals surface area contributed by atoms with Gasteiger partial charge in [-0.15, -0.1) is 0 Å². The van der Waals surface area contributed by atoms with Crippen LogP contribution < -0.4 is 5.32 Å². The maximum atomic E-state index is 12.1. The largest absolute Gasteiger partial charge is 0.339 e. The number of nitrogens with one attached hydrogen (secondary N) is 1. The third kappa shape index (κ3) is 1.92. The Balaban J connectivity index is 1.94. The van der Waals surface area contributed by atoms with Gasteiger partial charge in [-0.25, -0.2) is 0 Å². The number of hydrogen-bond acceptors (Lipinski definition) is 2. The van der Waals surface area contributed by atoms with E-state index in [9.17, 15) is 4.79 Å². The minimum atomic E-state index is 0.121. The van der Waals surface area contributed by atoms with Crippen molar-refractivity contribution in [2.75, 3.05) is 13.1 Å². The lowest BCUT2D eigenvalue weighted by molar-refractivity contribution is -0.136. The van der Waals surface area contributed by atoms with Gasteiger partial charge < -0.3 is 10.2 Å². The zero-order valence-electron chi connectivity index (χ0n) is 8.96. The second-order valence-electron chi connectivity index (χ2n) is 4.53. The van der Waals surface area contributed by atoms with Gasteiger partial charge in [-0.1, -0.05) is 0 Å². The Morgan fingerprint density at radius 3 is 2.79 bits per heavy atom. The van der Waals surface area contributed by atoms with Crippen molar-refractivity contribution in [3.05, 3.63) is 0 Å². The summed E-state index contributed by atoms with van der Waals surface area (Å²) in [5, 5.41) is 3.28. The van der Waals surface area contributed by atoms with Crippen LogP contribution in [0.25, 0.3) is 0 Å². The number of hydrogen-bond donors (Lipinski definition) is 1. The summed E-state index contributed by atoms with van der Waals surface area (Å²) >= 11 is 0. The predicted octanol–water partition coefficient (Wildman–Crippen LogP) is 1.14. The Hall–Kier alpha value is -0.570. The summed E-state index contributed by atoms with van der Waals surface area (Å²) in [5.41, 5.74) is 0. The molecule has 0 aromatic heterocycles. The summed E-state index contributed by atoms with van der Waals surface area (Å²) in [4.78, 5) is 14.2. The van der Waals surface area contributed by atoms with E-state index in [0.29, 0.717) is 11.9 Å². The number of piperidine rings is 1. The highest BCUT2D eigenvalue weighted by Gasteiger charge is 2.30. The number of carbonyl (C=O) groups excluding carboxylic acids is 1. The Kier molecular flexibility index (Phi) is 3.06. The van der Waals surface area contributed by atoms with Gasteiger partial charge in [0.15, 0.2) is 0 Å². The van der Waals surface area contributed by atoms with E-state index in [-0.39, 0.29) is 6.04 Å². The van der Waals surface area contributed by atoms with Gasteiger partial charge >= 0.3 is 0 Å². The average Bonchev–Trinajstić information content (AvgIpc) is 2.70. The van der Waals surface area contributed by atoms with Crippen LogP contribution in [-0.4, -0.2) is 36.0 Å². The molecule has 2 rings (SSSR count). The van der Waals surface area contributed by atoms with Crippen LogP contribution in [0.5, 0.6) is 0 Å². The molecule has 3 nitrogen and oxygen atoms in total. The van der Waals surface area contributed by atoms with E-state index in [1.54, 1.807) is 0 Å². The van der Waals surface area contributed by atoms with E-state index in [0.717, 1.165) is 25.9 Å². The summed E-state index contributed by atoms with van der Waals surface area (Å²) in [7, 11) is 0. The Morgan fingerprint density at radius 1 is 1.29 bits per heavy atom. The van der Waals surface area contributed by atoms with Crippen LogP contribution in [0, 0.1) is 0 Å². The van der Waals surface area contributed by atoms with E-state index in [4.69, 9.17) is 0 Å². The lowest BCUT2D eigenvalue weighted by atomic mass is 10.0. The first kappa shape index (κ1) is 9.97. The van der Waals surface area contributed by atoms with Crippen molar-refractivity contribution in [3.8, 4) is 0 Å². The normalized spacial score (nSPS) is 33.4. The van der Waals surface area contributed by atoms with Gasteiger partial charge in [0.05, 0.1) is 6.04 Å². The zero-order valence-corrected chi connectivity index (χ0v) is 8.96. The maximum absolute atomic E-state index is 12.1. The molecule has 1 N–H and O–H groups in total. The Morgan fingerprint density at radius 2 is 2.14 bits per heavy atom. The number of rotatable bonds is 1.